The third-order valence-corrected chi connectivity index (χ3v) is 5.27. The van der Waals surface area contributed by atoms with Gasteiger partial charge in [0.05, 0.1) is 5.69 Å². The third-order valence-electron chi connectivity index (χ3n) is 3.62. The van der Waals surface area contributed by atoms with Gasteiger partial charge in [-0.15, -0.1) is 21.5 Å². The highest BCUT2D eigenvalue weighted by atomic mass is 32.2. The van der Waals surface area contributed by atoms with Gasteiger partial charge in [0, 0.05) is 34.8 Å². The van der Waals surface area contributed by atoms with E-state index in [1.165, 1.54) is 17.3 Å². The molecule has 0 saturated heterocycles. The highest BCUT2D eigenvalue weighted by molar-refractivity contribution is 7.98. The van der Waals surface area contributed by atoms with Gasteiger partial charge in [-0.25, -0.2) is 4.98 Å². The average Bonchev–Trinajstić information content (AvgIpc) is 3.32. The van der Waals surface area contributed by atoms with Crippen LogP contribution in [0.15, 0.2) is 63.8 Å². The van der Waals surface area contributed by atoms with E-state index in [2.05, 4.69) is 38.5 Å². The zero-order chi connectivity index (χ0) is 17.8. The van der Waals surface area contributed by atoms with Crippen LogP contribution < -0.4 is 5.32 Å². The molecule has 0 aliphatic carbocycles. The van der Waals surface area contributed by atoms with Crippen molar-refractivity contribution in [3.8, 4) is 11.5 Å². The Bertz CT molecular complexity index is 1000. The number of nitrogens with zero attached hydrogens (tertiary/aromatic N) is 4. The number of aromatic nitrogens is 4. The number of hydrogen-bond acceptors (Lipinski definition) is 8. The number of rotatable bonds is 6. The first-order valence-electron chi connectivity index (χ1n) is 7.92. The normalized spacial score (nSPS) is 10.8. The van der Waals surface area contributed by atoms with Gasteiger partial charge < -0.3 is 9.73 Å². The van der Waals surface area contributed by atoms with Gasteiger partial charge in [-0.1, -0.05) is 30.0 Å². The molecule has 0 unspecified atom stereocenters. The van der Waals surface area contributed by atoms with Crippen molar-refractivity contribution in [2.24, 2.45) is 0 Å². The summed E-state index contributed by atoms with van der Waals surface area (Å²) in [6, 6.07) is 11.8. The number of thioether (sulfide) groups is 1. The van der Waals surface area contributed by atoms with E-state index in [-0.39, 0.29) is 0 Å². The molecule has 130 valence electrons. The van der Waals surface area contributed by atoms with Gasteiger partial charge in [-0.05, 0) is 30.7 Å². The summed E-state index contributed by atoms with van der Waals surface area (Å²) < 4.78 is 5.68. The van der Waals surface area contributed by atoms with Crippen molar-refractivity contribution in [1.82, 2.24) is 20.2 Å². The van der Waals surface area contributed by atoms with Crippen molar-refractivity contribution in [3.63, 3.8) is 0 Å². The molecule has 3 heterocycles. The Balaban J connectivity index is 1.38. The summed E-state index contributed by atoms with van der Waals surface area (Å²) in [6.45, 7) is 2.07. The van der Waals surface area contributed by atoms with E-state index in [1.807, 2.05) is 35.7 Å². The first-order valence-corrected chi connectivity index (χ1v) is 9.78. The molecule has 0 atom stereocenters. The van der Waals surface area contributed by atoms with Gasteiger partial charge in [-0.3, -0.25) is 4.98 Å². The quantitative estimate of drug-likeness (QED) is 0.474. The zero-order valence-corrected chi connectivity index (χ0v) is 15.5. The molecule has 0 bridgehead atoms. The Morgan fingerprint density at radius 1 is 1.12 bits per heavy atom. The molecule has 6 nitrogen and oxygen atoms in total. The molecular formula is C18H15N5OS2. The third kappa shape index (κ3) is 3.92. The van der Waals surface area contributed by atoms with Crippen LogP contribution in [-0.4, -0.2) is 20.2 Å². The monoisotopic (exact) mass is 381 g/mol. The van der Waals surface area contributed by atoms with E-state index in [4.69, 9.17) is 4.42 Å². The first-order chi connectivity index (χ1) is 12.8. The van der Waals surface area contributed by atoms with E-state index in [9.17, 15) is 0 Å². The van der Waals surface area contributed by atoms with Gasteiger partial charge in [0.15, 0.2) is 5.13 Å². The Labute approximate surface area is 158 Å². The minimum Gasteiger partial charge on any atom is -0.411 e. The van der Waals surface area contributed by atoms with Gasteiger partial charge in [-0.2, -0.15) is 0 Å². The van der Waals surface area contributed by atoms with Crippen molar-refractivity contribution in [1.29, 1.82) is 0 Å². The smallest absolute Gasteiger partial charge is 0.277 e. The summed E-state index contributed by atoms with van der Waals surface area (Å²) >= 11 is 3.05. The predicted octanol–water partition coefficient (Wildman–Crippen LogP) is 4.93. The van der Waals surface area contributed by atoms with Crippen LogP contribution in [0.3, 0.4) is 0 Å². The Hall–Kier alpha value is -2.71. The number of thiazole rings is 1. The van der Waals surface area contributed by atoms with Gasteiger partial charge in [0.1, 0.15) is 0 Å². The van der Waals surface area contributed by atoms with Crippen LogP contribution >= 0.6 is 23.1 Å². The SMILES string of the molecule is Cc1ccccc1Nc1nc(CSc2nnc(-c3ccncc3)o2)cs1. The number of aryl methyl sites for hydroxylation is 1. The van der Waals surface area contributed by atoms with E-state index in [0.29, 0.717) is 16.9 Å². The molecule has 0 saturated carbocycles. The number of nitrogens with one attached hydrogen (secondary N) is 1. The van der Waals surface area contributed by atoms with E-state index in [1.54, 1.807) is 23.7 Å². The molecule has 0 fully saturated rings. The molecule has 0 aliphatic rings. The number of benzene rings is 1. The lowest BCUT2D eigenvalue weighted by atomic mass is 10.2. The highest BCUT2D eigenvalue weighted by Gasteiger charge is 2.10. The molecule has 3 aromatic heterocycles. The molecule has 0 amide bonds. The maximum absolute atomic E-state index is 5.68. The zero-order valence-electron chi connectivity index (χ0n) is 13.9. The maximum atomic E-state index is 5.68. The van der Waals surface area contributed by atoms with Crippen LogP contribution in [0, 0.1) is 6.92 Å². The minimum absolute atomic E-state index is 0.495. The molecule has 1 aromatic carbocycles. The van der Waals surface area contributed by atoms with Crippen LogP contribution in [0.5, 0.6) is 0 Å². The molecular weight excluding hydrogens is 366 g/mol. The Kier molecular flexibility index (Phi) is 4.94. The number of anilines is 2. The largest absolute Gasteiger partial charge is 0.411 e. The topological polar surface area (TPSA) is 76.7 Å². The molecule has 1 N–H and O–H groups in total. The minimum atomic E-state index is 0.495. The van der Waals surface area contributed by atoms with Crippen LogP contribution in [0.4, 0.5) is 10.8 Å². The maximum Gasteiger partial charge on any atom is 0.277 e. The summed E-state index contributed by atoms with van der Waals surface area (Å²) in [5.41, 5.74) is 4.09. The van der Waals surface area contributed by atoms with Gasteiger partial charge >= 0.3 is 0 Å². The fraction of sp³-hybridized carbons (Fsp3) is 0.111. The Morgan fingerprint density at radius 3 is 2.81 bits per heavy atom. The lowest BCUT2D eigenvalue weighted by molar-refractivity contribution is 0.465. The molecule has 0 aliphatic heterocycles. The first kappa shape index (κ1) is 16.7. The lowest BCUT2D eigenvalue weighted by Gasteiger charge is -2.05. The number of para-hydroxylation sites is 1. The Morgan fingerprint density at radius 2 is 1.96 bits per heavy atom. The fourth-order valence-corrected chi connectivity index (χ4v) is 3.76. The van der Waals surface area contributed by atoms with E-state index in [0.717, 1.165) is 22.1 Å². The summed E-state index contributed by atoms with van der Waals surface area (Å²) in [7, 11) is 0. The molecule has 4 rings (SSSR count). The van der Waals surface area contributed by atoms with Crippen LogP contribution in [0.2, 0.25) is 0 Å². The highest BCUT2D eigenvalue weighted by Crippen LogP contribution is 2.28. The molecule has 8 heteroatoms. The van der Waals surface area contributed by atoms with Gasteiger partial charge in [0.2, 0.25) is 5.89 Å². The van der Waals surface area contributed by atoms with Crippen molar-refractivity contribution >= 4 is 33.9 Å². The molecule has 26 heavy (non-hydrogen) atoms. The number of hydrogen-bond donors (Lipinski definition) is 1. The van der Waals surface area contributed by atoms with Crippen LogP contribution in [0.25, 0.3) is 11.5 Å². The van der Waals surface area contributed by atoms with Gasteiger partial charge in [0.25, 0.3) is 5.22 Å². The summed E-state index contributed by atoms with van der Waals surface area (Å²) in [5.74, 6) is 1.17. The van der Waals surface area contributed by atoms with Crippen LogP contribution in [-0.2, 0) is 5.75 Å². The lowest BCUT2D eigenvalue weighted by Crippen LogP contribution is -1.92. The summed E-state index contributed by atoms with van der Waals surface area (Å²) in [5, 5.41) is 14.9. The van der Waals surface area contributed by atoms with Crippen molar-refractivity contribution in [2.75, 3.05) is 5.32 Å². The second-order valence-corrected chi connectivity index (χ2v) is 7.27. The van der Waals surface area contributed by atoms with Crippen LogP contribution in [0.1, 0.15) is 11.3 Å². The molecule has 0 spiro atoms. The average molecular weight is 381 g/mol. The number of pyridine rings is 1. The van der Waals surface area contributed by atoms with E-state index < -0.39 is 0 Å². The predicted molar refractivity (Wildman–Crippen MR) is 104 cm³/mol. The second-order valence-electron chi connectivity index (χ2n) is 5.48. The fourth-order valence-electron chi connectivity index (χ4n) is 2.27. The van der Waals surface area contributed by atoms with Crippen molar-refractivity contribution in [2.45, 2.75) is 17.9 Å². The molecule has 4 aromatic rings. The summed E-state index contributed by atoms with van der Waals surface area (Å²) in [4.78, 5) is 8.60. The summed E-state index contributed by atoms with van der Waals surface area (Å²) in [6.07, 6.45) is 3.40. The van der Waals surface area contributed by atoms with Crippen molar-refractivity contribution in [3.05, 3.63) is 65.4 Å². The standard InChI is InChI=1S/C18H15N5OS2/c1-12-4-2-3-5-15(12)21-17-20-14(10-25-17)11-26-18-23-22-16(24-18)13-6-8-19-9-7-13/h2-10H,11H2,1H3,(H,20,21). The van der Waals surface area contributed by atoms with E-state index >= 15 is 0 Å². The molecule has 0 radical (unpaired) electrons. The second kappa shape index (κ2) is 7.67. The van der Waals surface area contributed by atoms with Crippen molar-refractivity contribution < 1.29 is 4.42 Å².